The van der Waals surface area contributed by atoms with Crippen molar-refractivity contribution in [3.63, 3.8) is 0 Å². The van der Waals surface area contributed by atoms with Gasteiger partial charge in [0.05, 0.1) is 19.8 Å². The first-order valence-electron chi connectivity index (χ1n) is 10.6. The molecule has 2 aliphatic carbocycles. The van der Waals surface area contributed by atoms with E-state index in [9.17, 15) is 0 Å². The van der Waals surface area contributed by atoms with Crippen molar-refractivity contribution in [1.82, 2.24) is 0 Å². The number of halogens is 2. The smallest absolute Gasteiger partial charge is 0.0701 e. The third-order valence-corrected chi connectivity index (χ3v) is 7.25. The molecule has 1 fully saturated rings. The molecule has 0 spiro atoms. The molecule has 4 rings (SSSR count). The van der Waals surface area contributed by atoms with Gasteiger partial charge in [0.25, 0.3) is 0 Å². The van der Waals surface area contributed by atoms with Crippen LogP contribution in [-0.2, 0) is 14.9 Å². The van der Waals surface area contributed by atoms with Crippen LogP contribution in [0.2, 0.25) is 0 Å². The topological polar surface area (TPSA) is 44.5 Å². The first kappa shape index (κ1) is 21.5. The molecule has 2 aromatic rings. The molecule has 0 atom stereocenters. The van der Waals surface area contributed by atoms with E-state index in [-0.39, 0.29) is 5.41 Å². The SMILES string of the molecule is NCCOCCOCCC1(CCC2CC2)c2cc(Br)ccc2-c2ccc(Br)cc21. The van der Waals surface area contributed by atoms with Crippen LogP contribution in [0.15, 0.2) is 45.3 Å². The summed E-state index contributed by atoms with van der Waals surface area (Å²) in [6, 6.07) is 13.5. The van der Waals surface area contributed by atoms with E-state index in [0.29, 0.717) is 26.4 Å². The Balaban J connectivity index is 1.60. The van der Waals surface area contributed by atoms with Gasteiger partial charge in [0.15, 0.2) is 0 Å². The summed E-state index contributed by atoms with van der Waals surface area (Å²) >= 11 is 7.44. The maximum absolute atomic E-state index is 5.99. The molecule has 0 amide bonds. The Labute approximate surface area is 190 Å². The fraction of sp³-hybridized carbons (Fsp3) is 0.500. The third kappa shape index (κ3) is 4.80. The van der Waals surface area contributed by atoms with E-state index in [1.807, 2.05) is 0 Å². The highest BCUT2D eigenvalue weighted by Crippen LogP contribution is 2.55. The highest BCUT2D eigenvalue weighted by Gasteiger charge is 2.43. The van der Waals surface area contributed by atoms with Crippen LogP contribution < -0.4 is 5.73 Å². The van der Waals surface area contributed by atoms with Gasteiger partial charge in [0, 0.05) is 27.5 Å². The lowest BCUT2D eigenvalue weighted by molar-refractivity contribution is 0.0447. The van der Waals surface area contributed by atoms with Crippen molar-refractivity contribution in [2.75, 3.05) is 33.0 Å². The lowest BCUT2D eigenvalue weighted by atomic mass is 9.72. The van der Waals surface area contributed by atoms with Crippen molar-refractivity contribution in [2.24, 2.45) is 11.7 Å². The minimum absolute atomic E-state index is 0.0128. The number of fused-ring (bicyclic) bond motifs is 3. The van der Waals surface area contributed by atoms with Crippen LogP contribution in [0.5, 0.6) is 0 Å². The van der Waals surface area contributed by atoms with Crippen molar-refractivity contribution in [2.45, 2.75) is 37.5 Å². The Morgan fingerprint density at radius 3 is 1.97 bits per heavy atom. The van der Waals surface area contributed by atoms with Gasteiger partial charge in [-0.2, -0.15) is 0 Å². The first-order valence-corrected chi connectivity index (χ1v) is 12.2. The largest absolute Gasteiger partial charge is 0.379 e. The Kier molecular flexibility index (Phi) is 7.13. The Morgan fingerprint density at radius 2 is 1.41 bits per heavy atom. The van der Waals surface area contributed by atoms with Crippen LogP contribution >= 0.6 is 31.9 Å². The predicted molar refractivity (Wildman–Crippen MR) is 125 cm³/mol. The van der Waals surface area contributed by atoms with Crippen molar-refractivity contribution in [1.29, 1.82) is 0 Å². The molecule has 2 N–H and O–H groups in total. The van der Waals surface area contributed by atoms with Crippen LogP contribution in [0.25, 0.3) is 11.1 Å². The highest BCUT2D eigenvalue weighted by molar-refractivity contribution is 9.10. The molecule has 0 unspecified atom stereocenters. The first-order chi connectivity index (χ1) is 14.1. The molecule has 3 nitrogen and oxygen atoms in total. The van der Waals surface area contributed by atoms with Gasteiger partial charge in [-0.1, -0.05) is 56.8 Å². The van der Waals surface area contributed by atoms with Gasteiger partial charge in [-0.05, 0) is 71.7 Å². The van der Waals surface area contributed by atoms with Gasteiger partial charge in [0.1, 0.15) is 0 Å². The normalized spacial score (nSPS) is 16.7. The van der Waals surface area contributed by atoms with Gasteiger partial charge < -0.3 is 15.2 Å². The van der Waals surface area contributed by atoms with Gasteiger partial charge in [0.2, 0.25) is 0 Å². The minimum Gasteiger partial charge on any atom is -0.379 e. The number of benzene rings is 2. The zero-order valence-electron chi connectivity index (χ0n) is 16.8. The van der Waals surface area contributed by atoms with E-state index < -0.39 is 0 Å². The second-order valence-corrected chi connectivity index (χ2v) is 10.0. The maximum atomic E-state index is 5.99. The molecule has 1 saturated carbocycles. The monoisotopic (exact) mass is 521 g/mol. The van der Waals surface area contributed by atoms with E-state index in [1.165, 1.54) is 47.9 Å². The van der Waals surface area contributed by atoms with Crippen molar-refractivity contribution >= 4 is 31.9 Å². The lowest BCUT2D eigenvalue weighted by Gasteiger charge is -2.33. The van der Waals surface area contributed by atoms with Crippen LogP contribution in [-0.4, -0.2) is 33.0 Å². The van der Waals surface area contributed by atoms with Crippen LogP contribution in [0, 0.1) is 5.92 Å². The molecule has 5 heteroatoms. The number of rotatable bonds is 11. The maximum Gasteiger partial charge on any atom is 0.0701 e. The molecule has 0 radical (unpaired) electrons. The van der Waals surface area contributed by atoms with E-state index >= 15 is 0 Å². The molecule has 0 bridgehead atoms. The van der Waals surface area contributed by atoms with Crippen LogP contribution in [0.4, 0.5) is 0 Å². The van der Waals surface area contributed by atoms with Gasteiger partial charge >= 0.3 is 0 Å². The van der Waals surface area contributed by atoms with E-state index in [2.05, 4.69) is 68.3 Å². The van der Waals surface area contributed by atoms with Gasteiger partial charge in [-0.3, -0.25) is 0 Å². The Hall–Kier alpha value is -0.720. The second kappa shape index (κ2) is 9.61. The molecule has 0 aliphatic heterocycles. The summed E-state index contributed by atoms with van der Waals surface area (Å²) < 4.78 is 13.7. The average Bonchev–Trinajstić information content (AvgIpc) is 3.51. The average molecular weight is 523 g/mol. The second-order valence-electron chi connectivity index (χ2n) is 8.21. The van der Waals surface area contributed by atoms with E-state index in [4.69, 9.17) is 15.2 Å². The summed E-state index contributed by atoms with van der Waals surface area (Å²) in [6.45, 7) is 3.11. The van der Waals surface area contributed by atoms with Crippen molar-refractivity contribution in [3.05, 3.63) is 56.5 Å². The fourth-order valence-corrected chi connectivity index (χ4v) is 5.33. The number of hydrogen-bond donors (Lipinski definition) is 1. The molecular weight excluding hydrogens is 494 g/mol. The van der Waals surface area contributed by atoms with E-state index in [0.717, 1.165) is 27.9 Å². The molecular formula is C24H29Br2NO2. The van der Waals surface area contributed by atoms with Crippen molar-refractivity contribution in [3.8, 4) is 11.1 Å². The van der Waals surface area contributed by atoms with Gasteiger partial charge in [-0.25, -0.2) is 0 Å². The third-order valence-electron chi connectivity index (χ3n) is 6.27. The molecule has 0 saturated heterocycles. The van der Waals surface area contributed by atoms with Crippen LogP contribution in [0.3, 0.4) is 0 Å². The number of hydrogen-bond acceptors (Lipinski definition) is 3. The molecule has 29 heavy (non-hydrogen) atoms. The summed E-state index contributed by atoms with van der Waals surface area (Å²) in [5.41, 5.74) is 11.1. The summed E-state index contributed by atoms with van der Waals surface area (Å²) in [4.78, 5) is 0. The Morgan fingerprint density at radius 1 is 0.828 bits per heavy atom. The zero-order chi connectivity index (χ0) is 20.3. The number of ether oxygens (including phenoxy) is 2. The highest BCUT2D eigenvalue weighted by atomic mass is 79.9. The lowest BCUT2D eigenvalue weighted by Crippen LogP contribution is -2.28. The molecule has 2 aliphatic rings. The number of nitrogens with two attached hydrogens (primary N) is 1. The molecule has 2 aromatic carbocycles. The molecule has 0 aromatic heterocycles. The zero-order valence-corrected chi connectivity index (χ0v) is 19.9. The summed E-state index contributed by atoms with van der Waals surface area (Å²) in [5.74, 6) is 0.907. The predicted octanol–water partition coefficient (Wildman–Crippen LogP) is 6.05. The van der Waals surface area contributed by atoms with E-state index in [1.54, 1.807) is 0 Å². The summed E-state index contributed by atoms with van der Waals surface area (Å²) in [5, 5.41) is 0. The fourth-order valence-electron chi connectivity index (χ4n) is 4.61. The van der Waals surface area contributed by atoms with Crippen LogP contribution in [0.1, 0.15) is 43.2 Å². The standard InChI is InChI=1S/C24H29Br2NO2/c25-18-3-5-20-21-6-4-19(26)16-23(21)24(22(20)15-18,8-7-17-1-2-17)9-11-28-13-14-29-12-10-27/h3-6,15-17H,1-2,7-14,27H2. The Bertz CT molecular complexity index is 799. The minimum atomic E-state index is 0.0128. The summed E-state index contributed by atoms with van der Waals surface area (Å²) in [6.07, 6.45) is 6.24. The van der Waals surface area contributed by atoms with Crippen molar-refractivity contribution < 1.29 is 9.47 Å². The summed E-state index contributed by atoms with van der Waals surface area (Å²) in [7, 11) is 0. The van der Waals surface area contributed by atoms with Gasteiger partial charge in [-0.15, -0.1) is 0 Å². The molecule has 0 heterocycles. The quantitative estimate of drug-likeness (QED) is 0.365. The molecule has 156 valence electrons.